The SMILES string of the molecule is CC(=O)OCC1Cc2c(cc(Cl)c3nc(N)sc23)O1. The standard InChI is InChI=1S/C12H11ClN2O3S/c1-5(16)17-4-6-2-7-9(18-6)3-8(13)10-11(7)19-12(14)15-10/h3,6H,2,4H2,1H3,(H2,14,15). The van der Waals surface area contributed by atoms with Gasteiger partial charge in [0.1, 0.15) is 24.0 Å². The second-order valence-corrected chi connectivity index (χ2v) is 5.75. The van der Waals surface area contributed by atoms with Gasteiger partial charge in [-0.1, -0.05) is 22.9 Å². The molecule has 0 spiro atoms. The van der Waals surface area contributed by atoms with Gasteiger partial charge in [0, 0.05) is 25.0 Å². The number of aromatic nitrogens is 1. The largest absolute Gasteiger partial charge is 0.486 e. The van der Waals surface area contributed by atoms with Crippen LogP contribution in [0.15, 0.2) is 6.07 Å². The number of nitrogens with two attached hydrogens (primary N) is 1. The number of carbonyl (C=O) groups excluding carboxylic acids is 1. The first-order valence-electron chi connectivity index (χ1n) is 5.72. The van der Waals surface area contributed by atoms with Crippen LogP contribution in [0.25, 0.3) is 10.2 Å². The fourth-order valence-corrected chi connectivity index (χ4v) is 3.33. The molecule has 0 saturated carbocycles. The van der Waals surface area contributed by atoms with Crippen molar-refractivity contribution in [3.63, 3.8) is 0 Å². The molecule has 0 radical (unpaired) electrons. The number of hydrogen-bond donors (Lipinski definition) is 1. The summed E-state index contributed by atoms with van der Waals surface area (Å²) in [6.07, 6.45) is 0.488. The van der Waals surface area contributed by atoms with Gasteiger partial charge >= 0.3 is 5.97 Å². The molecule has 1 aliphatic heterocycles. The lowest BCUT2D eigenvalue weighted by molar-refractivity contribution is -0.143. The first-order valence-corrected chi connectivity index (χ1v) is 6.91. The third-order valence-electron chi connectivity index (χ3n) is 2.90. The highest BCUT2D eigenvalue weighted by atomic mass is 35.5. The molecular weight excluding hydrogens is 288 g/mol. The summed E-state index contributed by atoms with van der Waals surface area (Å²) in [5.74, 6) is 0.406. The summed E-state index contributed by atoms with van der Waals surface area (Å²) in [6.45, 7) is 1.61. The summed E-state index contributed by atoms with van der Waals surface area (Å²) < 4.78 is 11.7. The maximum absolute atomic E-state index is 10.8. The van der Waals surface area contributed by atoms with Gasteiger partial charge in [-0.05, 0) is 0 Å². The minimum Gasteiger partial charge on any atom is -0.486 e. The first-order chi connectivity index (χ1) is 9.04. The summed E-state index contributed by atoms with van der Waals surface area (Å²) >= 11 is 7.55. The van der Waals surface area contributed by atoms with Gasteiger partial charge in [-0.15, -0.1) is 0 Å². The van der Waals surface area contributed by atoms with E-state index in [0.717, 1.165) is 16.0 Å². The van der Waals surface area contributed by atoms with Crippen LogP contribution in [0.2, 0.25) is 5.02 Å². The smallest absolute Gasteiger partial charge is 0.302 e. The van der Waals surface area contributed by atoms with Gasteiger partial charge in [-0.25, -0.2) is 4.98 Å². The molecule has 0 bridgehead atoms. The third-order valence-corrected chi connectivity index (χ3v) is 4.13. The molecule has 0 fully saturated rings. The van der Waals surface area contributed by atoms with Gasteiger partial charge in [-0.3, -0.25) is 4.79 Å². The highest BCUT2D eigenvalue weighted by Crippen LogP contribution is 2.42. The fraction of sp³-hybridized carbons (Fsp3) is 0.333. The average molecular weight is 299 g/mol. The van der Waals surface area contributed by atoms with Crippen molar-refractivity contribution >= 4 is 44.3 Å². The maximum Gasteiger partial charge on any atom is 0.302 e. The predicted molar refractivity (Wildman–Crippen MR) is 73.8 cm³/mol. The zero-order valence-electron chi connectivity index (χ0n) is 10.1. The number of anilines is 1. The molecule has 2 aromatic rings. The second-order valence-electron chi connectivity index (χ2n) is 4.31. The Morgan fingerprint density at radius 3 is 3.26 bits per heavy atom. The van der Waals surface area contributed by atoms with E-state index in [1.807, 2.05) is 0 Å². The molecule has 5 nitrogen and oxygen atoms in total. The maximum atomic E-state index is 10.8. The fourth-order valence-electron chi connectivity index (χ4n) is 2.14. The Morgan fingerprint density at radius 2 is 2.53 bits per heavy atom. The number of nitrogen functional groups attached to an aromatic ring is 1. The van der Waals surface area contributed by atoms with Gasteiger partial charge in [0.05, 0.1) is 9.72 Å². The van der Waals surface area contributed by atoms with Crippen LogP contribution in [-0.2, 0) is 16.0 Å². The van der Waals surface area contributed by atoms with Crippen molar-refractivity contribution in [3.05, 3.63) is 16.7 Å². The molecule has 0 amide bonds. The lowest BCUT2D eigenvalue weighted by Crippen LogP contribution is -2.21. The van der Waals surface area contributed by atoms with E-state index in [2.05, 4.69) is 4.98 Å². The van der Waals surface area contributed by atoms with Crippen LogP contribution in [0.1, 0.15) is 12.5 Å². The number of rotatable bonds is 2. The minimum absolute atomic E-state index is 0.177. The number of fused-ring (bicyclic) bond motifs is 3. The number of nitrogens with zero attached hydrogens (tertiary/aromatic N) is 1. The quantitative estimate of drug-likeness (QED) is 0.862. The monoisotopic (exact) mass is 298 g/mol. The molecule has 1 unspecified atom stereocenters. The molecule has 1 aromatic heterocycles. The van der Waals surface area contributed by atoms with Crippen molar-refractivity contribution in [2.24, 2.45) is 0 Å². The van der Waals surface area contributed by atoms with Crippen LogP contribution in [-0.4, -0.2) is 23.7 Å². The van der Waals surface area contributed by atoms with E-state index in [1.54, 1.807) is 6.07 Å². The van der Waals surface area contributed by atoms with E-state index >= 15 is 0 Å². The van der Waals surface area contributed by atoms with Crippen LogP contribution in [0.4, 0.5) is 5.13 Å². The summed E-state index contributed by atoms with van der Waals surface area (Å²) in [4.78, 5) is 15.0. The lowest BCUT2D eigenvalue weighted by atomic mass is 10.1. The Labute approximate surface area is 118 Å². The summed E-state index contributed by atoms with van der Waals surface area (Å²) in [6, 6.07) is 1.74. The Hall–Kier alpha value is -1.53. The number of esters is 1. The molecule has 0 saturated heterocycles. The van der Waals surface area contributed by atoms with Crippen molar-refractivity contribution in [2.45, 2.75) is 19.4 Å². The molecule has 1 aliphatic rings. The van der Waals surface area contributed by atoms with Crippen molar-refractivity contribution in [2.75, 3.05) is 12.3 Å². The Kier molecular flexibility index (Phi) is 2.99. The van der Waals surface area contributed by atoms with Crippen LogP contribution in [0.3, 0.4) is 0 Å². The van der Waals surface area contributed by atoms with Gasteiger partial charge in [0.15, 0.2) is 5.13 Å². The summed E-state index contributed by atoms with van der Waals surface area (Å²) in [5, 5.41) is 1.00. The van der Waals surface area contributed by atoms with Crippen molar-refractivity contribution in [1.82, 2.24) is 4.98 Å². The van der Waals surface area contributed by atoms with E-state index in [0.29, 0.717) is 22.1 Å². The number of thiazole rings is 1. The predicted octanol–water partition coefficient (Wildman–Crippen LogP) is 2.40. The zero-order chi connectivity index (χ0) is 13.6. The van der Waals surface area contributed by atoms with Gasteiger partial charge in [0.2, 0.25) is 0 Å². The Bertz CT molecular complexity index is 671. The topological polar surface area (TPSA) is 74.4 Å². The molecule has 0 aliphatic carbocycles. The molecule has 19 heavy (non-hydrogen) atoms. The first kappa shape index (κ1) is 12.5. The highest BCUT2D eigenvalue weighted by Gasteiger charge is 2.28. The van der Waals surface area contributed by atoms with Gasteiger partial charge < -0.3 is 15.2 Å². The normalized spacial score (nSPS) is 17.3. The Morgan fingerprint density at radius 1 is 1.74 bits per heavy atom. The number of ether oxygens (including phenoxy) is 2. The molecule has 100 valence electrons. The van der Waals surface area contributed by atoms with Crippen LogP contribution >= 0.6 is 22.9 Å². The van der Waals surface area contributed by atoms with E-state index in [4.69, 9.17) is 26.8 Å². The van der Waals surface area contributed by atoms with Crippen LogP contribution in [0.5, 0.6) is 5.75 Å². The lowest BCUT2D eigenvalue weighted by Gasteiger charge is -2.09. The number of carbonyl (C=O) groups is 1. The van der Waals surface area contributed by atoms with E-state index in [9.17, 15) is 4.79 Å². The van der Waals surface area contributed by atoms with Crippen LogP contribution in [0, 0.1) is 0 Å². The molecular formula is C12H11ClN2O3S. The molecule has 1 aromatic carbocycles. The van der Waals surface area contributed by atoms with Gasteiger partial charge in [-0.2, -0.15) is 0 Å². The van der Waals surface area contributed by atoms with Crippen LogP contribution < -0.4 is 10.5 Å². The molecule has 2 N–H and O–H groups in total. The molecule has 2 heterocycles. The molecule has 3 rings (SSSR count). The van der Waals surface area contributed by atoms with Crippen molar-refractivity contribution in [1.29, 1.82) is 0 Å². The average Bonchev–Trinajstić information content (AvgIpc) is 2.89. The number of halogens is 1. The second kappa shape index (κ2) is 4.54. The zero-order valence-corrected chi connectivity index (χ0v) is 11.7. The van der Waals surface area contributed by atoms with E-state index < -0.39 is 0 Å². The number of benzene rings is 1. The summed E-state index contributed by atoms with van der Waals surface area (Å²) in [7, 11) is 0. The number of hydrogen-bond acceptors (Lipinski definition) is 6. The highest BCUT2D eigenvalue weighted by molar-refractivity contribution is 7.22. The molecule has 7 heteroatoms. The summed E-state index contributed by atoms with van der Waals surface area (Å²) in [5.41, 5.74) is 7.47. The van der Waals surface area contributed by atoms with E-state index in [1.165, 1.54) is 18.3 Å². The van der Waals surface area contributed by atoms with Gasteiger partial charge in [0.25, 0.3) is 0 Å². The van der Waals surface area contributed by atoms with Crippen molar-refractivity contribution < 1.29 is 14.3 Å². The molecule has 1 atom stereocenters. The third kappa shape index (κ3) is 2.21. The van der Waals surface area contributed by atoms with E-state index in [-0.39, 0.29) is 18.7 Å². The van der Waals surface area contributed by atoms with Crippen molar-refractivity contribution in [3.8, 4) is 5.75 Å². The minimum atomic E-state index is -0.315. The Balaban J connectivity index is 1.94.